The molecule has 2 aliphatic heterocycles. The summed E-state index contributed by atoms with van der Waals surface area (Å²) in [4.78, 5) is 6.45. The number of aliphatic hydroxyl groups excluding tert-OH is 1. The molecular formula is C7H12N2O. The summed E-state index contributed by atoms with van der Waals surface area (Å²) < 4.78 is 0. The predicted octanol–water partition coefficient (Wildman–Crippen LogP) is -0.145. The summed E-state index contributed by atoms with van der Waals surface area (Å²) in [6, 6.07) is 0. The molecule has 1 N–H and O–H groups in total. The van der Waals surface area contributed by atoms with Gasteiger partial charge in [-0.1, -0.05) is 0 Å². The lowest BCUT2D eigenvalue weighted by Crippen LogP contribution is -2.34. The van der Waals surface area contributed by atoms with Crippen LogP contribution in [0, 0.1) is 0 Å². The van der Waals surface area contributed by atoms with Gasteiger partial charge in [-0.05, 0) is 12.8 Å². The van der Waals surface area contributed by atoms with Crippen molar-refractivity contribution < 1.29 is 5.11 Å². The van der Waals surface area contributed by atoms with Gasteiger partial charge < -0.3 is 10.0 Å². The zero-order valence-electron chi connectivity index (χ0n) is 5.95. The molecule has 0 aromatic carbocycles. The first-order valence-electron chi connectivity index (χ1n) is 3.85. The lowest BCUT2D eigenvalue weighted by molar-refractivity contribution is 0.244. The molecule has 0 aliphatic carbocycles. The van der Waals surface area contributed by atoms with Gasteiger partial charge in [0.1, 0.15) is 11.9 Å². The Hall–Kier alpha value is -0.570. The van der Waals surface area contributed by atoms with Crippen molar-refractivity contribution in [3.8, 4) is 0 Å². The van der Waals surface area contributed by atoms with Crippen molar-refractivity contribution in [3.05, 3.63) is 0 Å². The first-order valence-corrected chi connectivity index (χ1v) is 3.85. The number of fused-ring (bicyclic) bond motifs is 1. The maximum absolute atomic E-state index is 9.35. The van der Waals surface area contributed by atoms with Gasteiger partial charge in [-0.25, -0.2) is 0 Å². The second kappa shape index (κ2) is 2.23. The number of rotatable bonds is 0. The lowest BCUT2D eigenvalue weighted by atomic mass is 10.3. The van der Waals surface area contributed by atoms with Gasteiger partial charge in [0, 0.05) is 19.6 Å². The molecule has 2 aliphatic rings. The summed E-state index contributed by atoms with van der Waals surface area (Å²) in [5.74, 6) is 0.936. The van der Waals surface area contributed by atoms with E-state index in [4.69, 9.17) is 0 Å². The summed E-state index contributed by atoms with van der Waals surface area (Å²) in [7, 11) is 0. The molecule has 0 aromatic rings. The van der Waals surface area contributed by atoms with Crippen molar-refractivity contribution >= 4 is 5.84 Å². The van der Waals surface area contributed by atoms with Gasteiger partial charge in [-0.3, -0.25) is 4.99 Å². The highest BCUT2D eigenvalue weighted by molar-refractivity contribution is 5.88. The molecule has 0 bridgehead atoms. The average Bonchev–Trinajstić information content (AvgIpc) is 2.34. The van der Waals surface area contributed by atoms with E-state index in [1.165, 1.54) is 0 Å². The number of nitrogens with zero attached hydrogens (tertiary/aromatic N) is 2. The third-order valence-corrected chi connectivity index (χ3v) is 2.15. The summed E-state index contributed by atoms with van der Waals surface area (Å²) in [5.41, 5.74) is 0. The molecule has 0 aromatic heterocycles. The lowest BCUT2D eigenvalue weighted by Gasteiger charge is -2.22. The van der Waals surface area contributed by atoms with Crippen LogP contribution in [0.2, 0.25) is 0 Å². The largest absolute Gasteiger partial charge is 0.385 e. The van der Waals surface area contributed by atoms with Crippen molar-refractivity contribution in [2.45, 2.75) is 18.9 Å². The van der Waals surface area contributed by atoms with Crippen LogP contribution in [0.4, 0.5) is 0 Å². The smallest absolute Gasteiger partial charge is 0.128 e. The fourth-order valence-electron chi connectivity index (χ4n) is 1.62. The van der Waals surface area contributed by atoms with Gasteiger partial charge in [-0.15, -0.1) is 0 Å². The summed E-state index contributed by atoms with van der Waals surface area (Å²) in [6.45, 7) is 3.00. The summed E-state index contributed by atoms with van der Waals surface area (Å²) in [6.07, 6.45) is 1.76. The Labute approximate surface area is 60.4 Å². The Balaban J connectivity index is 2.19. The molecule has 0 spiro atoms. The second-order valence-corrected chi connectivity index (χ2v) is 2.88. The number of amidine groups is 1. The Morgan fingerprint density at radius 3 is 3.20 bits per heavy atom. The molecule has 2 rings (SSSR count). The number of aliphatic imine (C=N–C) groups is 1. The maximum atomic E-state index is 9.35. The molecule has 10 heavy (non-hydrogen) atoms. The van der Waals surface area contributed by atoms with Crippen LogP contribution in [0.1, 0.15) is 12.8 Å². The van der Waals surface area contributed by atoms with Crippen molar-refractivity contribution in [1.82, 2.24) is 4.90 Å². The average molecular weight is 140 g/mol. The standard InChI is InChI=1S/C7H12N2O/c10-6-2-5-9-4-1-3-8-7(6)9/h6,10H,1-5H2/t6-/m0/s1. The number of aliphatic hydroxyl groups is 1. The first-order chi connectivity index (χ1) is 4.88. The Bertz CT molecular complexity index is 167. The highest BCUT2D eigenvalue weighted by Gasteiger charge is 2.28. The molecule has 0 saturated carbocycles. The van der Waals surface area contributed by atoms with E-state index in [0.717, 1.165) is 38.3 Å². The molecule has 0 amide bonds. The van der Waals surface area contributed by atoms with Crippen LogP contribution in [-0.4, -0.2) is 41.6 Å². The van der Waals surface area contributed by atoms with E-state index in [-0.39, 0.29) is 6.10 Å². The Morgan fingerprint density at radius 1 is 1.50 bits per heavy atom. The highest BCUT2D eigenvalue weighted by Crippen LogP contribution is 2.15. The van der Waals surface area contributed by atoms with Crippen molar-refractivity contribution in [2.24, 2.45) is 4.99 Å². The van der Waals surface area contributed by atoms with Crippen molar-refractivity contribution in [2.75, 3.05) is 19.6 Å². The van der Waals surface area contributed by atoms with Crippen molar-refractivity contribution in [1.29, 1.82) is 0 Å². The van der Waals surface area contributed by atoms with Gasteiger partial charge in [0.25, 0.3) is 0 Å². The Morgan fingerprint density at radius 2 is 2.40 bits per heavy atom. The second-order valence-electron chi connectivity index (χ2n) is 2.88. The highest BCUT2D eigenvalue weighted by atomic mass is 16.3. The zero-order valence-corrected chi connectivity index (χ0v) is 5.95. The first kappa shape index (κ1) is 6.16. The van der Waals surface area contributed by atoms with Crippen LogP contribution in [-0.2, 0) is 0 Å². The van der Waals surface area contributed by atoms with E-state index < -0.39 is 0 Å². The third-order valence-electron chi connectivity index (χ3n) is 2.15. The normalized spacial score (nSPS) is 31.9. The minimum atomic E-state index is -0.264. The van der Waals surface area contributed by atoms with Gasteiger partial charge in [-0.2, -0.15) is 0 Å². The molecule has 1 saturated heterocycles. The fourth-order valence-corrected chi connectivity index (χ4v) is 1.62. The van der Waals surface area contributed by atoms with Crippen molar-refractivity contribution in [3.63, 3.8) is 0 Å². The van der Waals surface area contributed by atoms with Crippen LogP contribution in [0.25, 0.3) is 0 Å². The maximum Gasteiger partial charge on any atom is 0.128 e. The molecule has 0 unspecified atom stereocenters. The molecule has 3 heteroatoms. The van der Waals surface area contributed by atoms with E-state index in [9.17, 15) is 5.11 Å². The van der Waals surface area contributed by atoms with E-state index in [2.05, 4.69) is 9.89 Å². The van der Waals surface area contributed by atoms with Crippen LogP contribution >= 0.6 is 0 Å². The monoisotopic (exact) mass is 140 g/mol. The molecule has 56 valence electrons. The molecule has 0 radical (unpaired) electrons. The SMILES string of the molecule is O[C@H]1CCN2CCCN=C12. The van der Waals surface area contributed by atoms with E-state index in [1.54, 1.807) is 0 Å². The quantitative estimate of drug-likeness (QED) is 0.508. The van der Waals surface area contributed by atoms with Gasteiger partial charge >= 0.3 is 0 Å². The van der Waals surface area contributed by atoms with E-state index in [1.807, 2.05) is 0 Å². The number of hydrogen-bond donors (Lipinski definition) is 1. The van der Waals surface area contributed by atoms with Crippen LogP contribution < -0.4 is 0 Å². The molecule has 3 nitrogen and oxygen atoms in total. The van der Waals surface area contributed by atoms with E-state index >= 15 is 0 Å². The summed E-state index contributed by atoms with van der Waals surface area (Å²) in [5, 5.41) is 9.35. The van der Waals surface area contributed by atoms with E-state index in [0.29, 0.717) is 0 Å². The Kier molecular flexibility index (Phi) is 1.38. The van der Waals surface area contributed by atoms with Crippen LogP contribution in [0.15, 0.2) is 4.99 Å². The summed E-state index contributed by atoms with van der Waals surface area (Å²) >= 11 is 0. The van der Waals surface area contributed by atoms with Gasteiger partial charge in [0.2, 0.25) is 0 Å². The van der Waals surface area contributed by atoms with Gasteiger partial charge in [0.05, 0.1) is 0 Å². The zero-order chi connectivity index (χ0) is 6.97. The minimum absolute atomic E-state index is 0.264. The van der Waals surface area contributed by atoms with Gasteiger partial charge in [0.15, 0.2) is 0 Å². The third kappa shape index (κ3) is 0.814. The molecule has 1 fully saturated rings. The topological polar surface area (TPSA) is 35.8 Å². The van der Waals surface area contributed by atoms with Crippen LogP contribution in [0.5, 0.6) is 0 Å². The molecule has 1 atom stereocenters. The minimum Gasteiger partial charge on any atom is -0.385 e. The number of hydrogen-bond acceptors (Lipinski definition) is 3. The fraction of sp³-hybridized carbons (Fsp3) is 0.857. The predicted molar refractivity (Wildman–Crippen MR) is 39.1 cm³/mol. The molecule has 2 heterocycles. The van der Waals surface area contributed by atoms with Crippen LogP contribution in [0.3, 0.4) is 0 Å². The molecular weight excluding hydrogens is 128 g/mol.